The molecule has 1 fully saturated rings. The minimum absolute atomic E-state index is 0.0110. The highest BCUT2D eigenvalue weighted by Gasteiger charge is 2.68. The van der Waals surface area contributed by atoms with E-state index in [1.165, 1.54) is 0 Å². The second kappa shape index (κ2) is 11.5. The van der Waals surface area contributed by atoms with Crippen molar-refractivity contribution in [3.05, 3.63) is 0 Å². The maximum atomic E-state index is 6.87. The topological polar surface area (TPSA) is 55.4 Å². The fourth-order valence-electron chi connectivity index (χ4n) is 3.89. The minimum Gasteiger partial charge on any atom is -0.372 e. The van der Waals surface area contributed by atoms with Crippen LogP contribution in [0.25, 0.3) is 0 Å². The van der Waals surface area contributed by atoms with Gasteiger partial charge < -0.3 is 25.6 Å². The van der Waals surface area contributed by atoms with Gasteiger partial charge in [0, 0.05) is 36.4 Å². The summed E-state index contributed by atoms with van der Waals surface area (Å²) in [6.45, 7) is 25.4. The van der Waals surface area contributed by atoms with E-state index in [0.29, 0.717) is 17.8 Å². The van der Waals surface area contributed by atoms with Gasteiger partial charge in [-0.15, -0.1) is 0 Å². The summed E-state index contributed by atoms with van der Waals surface area (Å²) in [6.07, 6.45) is -0.0330. The van der Waals surface area contributed by atoms with E-state index in [2.05, 4.69) is 41.5 Å². The molecule has 9 heteroatoms. The maximum Gasteiger partial charge on any atom is 0.486 e. The monoisotopic (exact) mass is 480 g/mol. The third kappa shape index (κ3) is 9.11. The molecule has 0 amide bonds. The Labute approximate surface area is 189 Å². The summed E-state index contributed by atoms with van der Waals surface area (Å²) in [5.41, 5.74) is 0. The predicted octanol–water partition coefficient (Wildman–Crippen LogP) is 6.11. The molecule has 0 bridgehead atoms. The number of hydrogen-bond acceptors (Lipinski definition) is 6. The van der Waals surface area contributed by atoms with Crippen LogP contribution in [-0.4, -0.2) is 44.7 Å². The van der Waals surface area contributed by atoms with Crippen molar-refractivity contribution in [2.24, 2.45) is 17.8 Å². The first-order valence-corrected chi connectivity index (χ1v) is 17.6. The van der Waals surface area contributed by atoms with Crippen LogP contribution in [0.3, 0.4) is 0 Å². The summed E-state index contributed by atoms with van der Waals surface area (Å²) in [6, 6.07) is 2.20. The molecular formula is C21H48O6Si3. The number of hydrogen-bond donors (Lipinski definition) is 0. The first kappa shape index (κ1) is 28.4. The predicted molar refractivity (Wildman–Crippen MR) is 128 cm³/mol. The number of rotatable bonds is 12. The van der Waals surface area contributed by atoms with Crippen LogP contribution in [-0.2, 0) is 25.6 Å². The molecule has 0 atom stereocenters. The third-order valence-electron chi connectivity index (χ3n) is 4.15. The van der Waals surface area contributed by atoms with E-state index < -0.39 is 26.4 Å². The van der Waals surface area contributed by atoms with Crippen molar-refractivity contribution in [3.8, 4) is 0 Å². The van der Waals surface area contributed by atoms with Crippen LogP contribution in [0.2, 0.25) is 18.1 Å². The van der Waals surface area contributed by atoms with E-state index in [4.69, 9.17) is 25.6 Å². The molecule has 1 heterocycles. The Morgan fingerprint density at radius 1 is 0.433 bits per heavy atom. The molecule has 1 saturated heterocycles. The van der Waals surface area contributed by atoms with E-state index in [0.717, 1.165) is 18.1 Å². The molecule has 0 radical (unpaired) electrons. The summed E-state index contributed by atoms with van der Waals surface area (Å²) >= 11 is 0. The normalized spacial score (nSPS) is 30.6. The van der Waals surface area contributed by atoms with Gasteiger partial charge in [0.15, 0.2) is 0 Å². The molecule has 0 aliphatic carbocycles. The van der Waals surface area contributed by atoms with Gasteiger partial charge in [0.05, 0.1) is 0 Å². The lowest BCUT2D eigenvalue weighted by molar-refractivity contribution is -0.0167. The zero-order chi connectivity index (χ0) is 23.3. The molecule has 0 N–H and O–H groups in total. The maximum absolute atomic E-state index is 6.87. The van der Waals surface area contributed by atoms with E-state index in [-0.39, 0.29) is 18.3 Å². The Balaban J connectivity index is 3.63. The quantitative estimate of drug-likeness (QED) is 0.314. The summed E-state index contributed by atoms with van der Waals surface area (Å²) < 4.78 is 40.3. The summed E-state index contributed by atoms with van der Waals surface area (Å²) in [5.74, 6) is 1.09. The molecule has 0 spiro atoms. The van der Waals surface area contributed by atoms with Crippen molar-refractivity contribution in [1.29, 1.82) is 0 Å². The average molecular weight is 481 g/mol. The zero-order valence-electron chi connectivity index (χ0n) is 21.5. The van der Waals surface area contributed by atoms with E-state index in [1.807, 2.05) is 41.5 Å². The van der Waals surface area contributed by atoms with Crippen LogP contribution >= 0.6 is 0 Å². The lowest BCUT2D eigenvalue weighted by Gasteiger charge is -2.52. The SMILES string of the molecule is CC(C)C[Si]1(OC(C)C)O[Si](CC(C)C)(OC(C)C)O[Si](CC(C)C)(OC(C)C)O1. The van der Waals surface area contributed by atoms with Gasteiger partial charge in [-0.3, -0.25) is 0 Å². The first-order chi connectivity index (χ1) is 13.6. The largest absolute Gasteiger partial charge is 0.486 e. The lowest BCUT2D eigenvalue weighted by atomic mass is 10.3. The highest BCUT2D eigenvalue weighted by atomic mass is 28.5. The molecular weight excluding hydrogens is 432 g/mol. The fraction of sp³-hybridized carbons (Fsp3) is 1.00. The van der Waals surface area contributed by atoms with Crippen LogP contribution in [0.5, 0.6) is 0 Å². The van der Waals surface area contributed by atoms with Crippen LogP contribution < -0.4 is 0 Å². The van der Waals surface area contributed by atoms with Gasteiger partial charge in [-0.25, -0.2) is 0 Å². The highest BCUT2D eigenvalue weighted by Crippen LogP contribution is 2.43. The lowest BCUT2D eigenvalue weighted by Crippen LogP contribution is -2.74. The minimum atomic E-state index is -3.10. The van der Waals surface area contributed by atoms with Crippen LogP contribution in [0.4, 0.5) is 0 Å². The van der Waals surface area contributed by atoms with Gasteiger partial charge in [-0.05, 0) is 59.3 Å². The zero-order valence-corrected chi connectivity index (χ0v) is 24.5. The molecule has 1 rings (SSSR count). The highest BCUT2D eigenvalue weighted by molar-refractivity contribution is 6.89. The van der Waals surface area contributed by atoms with Crippen LogP contribution in [0.1, 0.15) is 83.1 Å². The second-order valence-corrected chi connectivity index (χ2v) is 19.1. The van der Waals surface area contributed by atoms with Crippen molar-refractivity contribution in [2.75, 3.05) is 0 Å². The standard InChI is InChI=1S/C21H48O6Si3/c1-16(2)13-28(22-19(7)8)25-29(14-17(3)4,23-20(9)10)27-30(26-28,15-18(5)6)24-21(11)12/h16-21H,13-15H2,1-12H3. The molecule has 30 heavy (non-hydrogen) atoms. The Morgan fingerprint density at radius 3 is 0.767 bits per heavy atom. The van der Waals surface area contributed by atoms with Crippen molar-refractivity contribution < 1.29 is 25.6 Å². The Bertz CT molecular complexity index is 398. The molecule has 6 nitrogen and oxygen atoms in total. The van der Waals surface area contributed by atoms with Gasteiger partial charge in [-0.1, -0.05) is 41.5 Å². The van der Waals surface area contributed by atoms with Crippen molar-refractivity contribution in [1.82, 2.24) is 0 Å². The molecule has 1 aliphatic rings. The first-order valence-electron chi connectivity index (χ1n) is 11.8. The second-order valence-electron chi connectivity index (χ2n) is 10.6. The third-order valence-corrected chi connectivity index (χ3v) is 18.1. The summed E-state index contributed by atoms with van der Waals surface area (Å²) in [5, 5.41) is 0. The molecule has 0 unspecified atom stereocenters. The summed E-state index contributed by atoms with van der Waals surface area (Å²) in [4.78, 5) is 0. The van der Waals surface area contributed by atoms with Crippen molar-refractivity contribution >= 4 is 26.4 Å². The van der Waals surface area contributed by atoms with E-state index >= 15 is 0 Å². The van der Waals surface area contributed by atoms with E-state index in [1.54, 1.807) is 0 Å². The van der Waals surface area contributed by atoms with Crippen molar-refractivity contribution in [2.45, 2.75) is 120 Å². The van der Waals surface area contributed by atoms with Crippen LogP contribution in [0, 0.1) is 17.8 Å². The van der Waals surface area contributed by atoms with Crippen molar-refractivity contribution in [3.63, 3.8) is 0 Å². The van der Waals surface area contributed by atoms with Crippen LogP contribution in [0.15, 0.2) is 0 Å². The smallest absolute Gasteiger partial charge is 0.372 e. The van der Waals surface area contributed by atoms with Gasteiger partial charge >= 0.3 is 26.4 Å². The van der Waals surface area contributed by atoms with Gasteiger partial charge in [-0.2, -0.15) is 0 Å². The molecule has 0 aromatic carbocycles. The molecule has 0 aromatic rings. The molecule has 0 aromatic heterocycles. The summed E-state index contributed by atoms with van der Waals surface area (Å²) in [7, 11) is -9.30. The fourth-order valence-corrected chi connectivity index (χ4v) is 19.8. The van der Waals surface area contributed by atoms with Gasteiger partial charge in [0.2, 0.25) is 0 Å². The Hall–Kier alpha value is 0.411. The average Bonchev–Trinajstić information content (AvgIpc) is 2.39. The Morgan fingerprint density at radius 2 is 0.633 bits per heavy atom. The van der Waals surface area contributed by atoms with E-state index in [9.17, 15) is 0 Å². The molecule has 1 aliphatic heterocycles. The van der Waals surface area contributed by atoms with Gasteiger partial charge in [0.1, 0.15) is 0 Å². The molecule has 0 saturated carbocycles. The Kier molecular flexibility index (Phi) is 10.9. The van der Waals surface area contributed by atoms with Gasteiger partial charge in [0.25, 0.3) is 0 Å². The molecule has 180 valence electrons.